The molecule has 2 rings (SSSR count). The molecule has 1 fully saturated rings. The summed E-state index contributed by atoms with van der Waals surface area (Å²) in [4.78, 5) is 24.8. The number of carboxylic acid groups (broad SMARTS) is 1. The van der Waals surface area contributed by atoms with Gasteiger partial charge in [-0.25, -0.2) is 9.78 Å². The molecule has 0 bridgehead atoms. The summed E-state index contributed by atoms with van der Waals surface area (Å²) in [6.07, 6.45) is 1.95. The van der Waals surface area contributed by atoms with Crippen LogP contribution in [0.4, 0.5) is 11.5 Å². The molecule has 1 aromatic heterocycles. The third kappa shape index (κ3) is 3.16. The van der Waals surface area contributed by atoms with Crippen molar-refractivity contribution in [3.05, 3.63) is 27.9 Å². The average Bonchev–Trinajstić information content (AvgIpc) is 2.89. The fraction of sp³-hybridized carbons (Fsp3) is 0.455. The van der Waals surface area contributed by atoms with Crippen molar-refractivity contribution in [3.63, 3.8) is 0 Å². The lowest BCUT2D eigenvalue weighted by Gasteiger charge is -2.11. The summed E-state index contributed by atoms with van der Waals surface area (Å²) in [5.41, 5.74) is -0.541. The van der Waals surface area contributed by atoms with Crippen molar-refractivity contribution in [2.75, 3.05) is 25.1 Å². The number of carboxylic acids is 1. The van der Waals surface area contributed by atoms with Crippen molar-refractivity contribution >= 4 is 17.5 Å². The first kappa shape index (κ1) is 13.2. The number of carbonyl (C=O) groups is 1. The van der Waals surface area contributed by atoms with E-state index in [1.807, 2.05) is 0 Å². The lowest BCUT2D eigenvalue weighted by Crippen LogP contribution is -2.17. The van der Waals surface area contributed by atoms with Crippen LogP contribution in [0.1, 0.15) is 16.8 Å². The normalized spacial score (nSPS) is 18.2. The number of rotatable bonds is 5. The standard InChI is InChI=1S/C11H13N3O5/c15-11(16)9-3-8(14(17)18)5-13-10(9)12-4-7-1-2-19-6-7/h3,5,7H,1-2,4,6H2,(H,12,13)(H,15,16). The van der Waals surface area contributed by atoms with Gasteiger partial charge >= 0.3 is 5.97 Å². The lowest BCUT2D eigenvalue weighted by atomic mass is 10.1. The van der Waals surface area contributed by atoms with E-state index < -0.39 is 10.9 Å². The minimum Gasteiger partial charge on any atom is -0.478 e. The first-order valence-corrected chi connectivity index (χ1v) is 5.77. The number of pyridine rings is 1. The van der Waals surface area contributed by atoms with Crippen molar-refractivity contribution in [2.45, 2.75) is 6.42 Å². The van der Waals surface area contributed by atoms with Crippen molar-refractivity contribution in [1.29, 1.82) is 0 Å². The molecule has 1 aromatic rings. The molecular weight excluding hydrogens is 254 g/mol. The maximum atomic E-state index is 11.1. The van der Waals surface area contributed by atoms with Crippen LogP contribution in [0.2, 0.25) is 0 Å². The molecule has 1 aliphatic rings. The lowest BCUT2D eigenvalue weighted by molar-refractivity contribution is -0.385. The molecule has 2 heterocycles. The van der Waals surface area contributed by atoms with Crippen LogP contribution in [0.25, 0.3) is 0 Å². The minimum absolute atomic E-state index is 0.144. The van der Waals surface area contributed by atoms with E-state index in [4.69, 9.17) is 9.84 Å². The Balaban J connectivity index is 2.14. The number of anilines is 1. The van der Waals surface area contributed by atoms with E-state index in [2.05, 4.69) is 10.3 Å². The summed E-state index contributed by atoms with van der Waals surface area (Å²) in [6.45, 7) is 1.86. The second-order valence-corrected chi connectivity index (χ2v) is 4.26. The third-order valence-electron chi connectivity index (χ3n) is 2.90. The Morgan fingerprint density at radius 3 is 3.05 bits per heavy atom. The van der Waals surface area contributed by atoms with Gasteiger partial charge in [-0.2, -0.15) is 0 Å². The monoisotopic (exact) mass is 267 g/mol. The van der Waals surface area contributed by atoms with Gasteiger partial charge in [0.05, 0.1) is 11.5 Å². The van der Waals surface area contributed by atoms with Crippen molar-refractivity contribution in [1.82, 2.24) is 4.98 Å². The maximum absolute atomic E-state index is 11.1. The first-order valence-electron chi connectivity index (χ1n) is 5.77. The summed E-state index contributed by atoms with van der Waals surface area (Å²) in [7, 11) is 0. The van der Waals surface area contributed by atoms with Gasteiger partial charge in [0.15, 0.2) is 0 Å². The van der Waals surface area contributed by atoms with Crippen LogP contribution in [-0.2, 0) is 4.74 Å². The van der Waals surface area contributed by atoms with E-state index in [1.165, 1.54) is 0 Å². The number of nitro groups is 1. The van der Waals surface area contributed by atoms with E-state index in [-0.39, 0.29) is 17.1 Å². The summed E-state index contributed by atoms with van der Waals surface area (Å²) >= 11 is 0. The van der Waals surface area contributed by atoms with Gasteiger partial charge in [-0.3, -0.25) is 10.1 Å². The predicted molar refractivity (Wildman–Crippen MR) is 65.3 cm³/mol. The Hall–Kier alpha value is -2.22. The van der Waals surface area contributed by atoms with Crippen LogP contribution < -0.4 is 5.32 Å². The zero-order valence-electron chi connectivity index (χ0n) is 10.0. The van der Waals surface area contributed by atoms with Gasteiger partial charge in [0, 0.05) is 25.1 Å². The Morgan fingerprint density at radius 1 is 1.68 bits per heavy atom. The van der Waals surface area contributed by atoms with Crippen LogP contribution in [0.15, 0.2) is 12.3 Å². The number of aromatic nitrogens is 1. The van der Waals surface area contributed by atoms with Gasteiger partial charge < -0.3 is 15.2 Å². The molecule has 1 aliphatic heterocycles. The largest absolute Gasteiger partial charge is 0.478 e. The van der Waals surface area contributed by atoms with Crippen LogP contribution in [0.5, 0.6) is 0 Å². The summed E-state index contributed by atoms with van der Waals surface area (Å²) in [6, 6.07) is 1.00. The highest BCUT2D eigenvalue weighted by atomic mass is 16.6. The molecule has 1 unspecified atom stereocenters. The number of hydrogen-bond acceptors (Lipinski definition) is 6. The molecule has 1 saturated heterocycles. The highest BCUT2D eigenvalue weighted by molar-refractivity contribution is 5.93. The Labute approximate surface area is 108 Å². The number of nitrogens with zero attached hydrogens (tertiary/aromatic N) is 2. The van der Waals surface area contributed by atoms with Gasteiger partial charge in [0.25, 0.3) is 5.69 Å². The fourth-order valence-corrected chi connectivity index (χ4v) is 1.84. The van der Waals surface area contributed by atoms with Crippen molar-refractivity contribution < 1.29 is 19.6 Å². The number of aromatic carboxylic acids is 1. The molecule has 0 aliphatic carbocycles. The molecule has 8 nitrogen and oxygen atoms in total. The smallest absolute Gasteiger partial charge is 0.339 e. The fourth-order valence-electron chi connectivity index (χ4n) is 1.84. The SMILES string of the molecule is O=C(O)c1cc([N+](=O)[O-])cnc1NCC1CCOC1. The van der Waals surface area contributed by atoms with Gasteiger partial charge in [0.2, 0.25) is 0 Å². The topological polar surface area (TPSA) is 115 Å². The number of ether oxygens (including phenoxy) is 1. The summed E-state index contributed by atoms with van der Waals surface area (Å²) < 4.78 is 5.21. The molecular formula is C11H13N3O5. The maximum Gasteiger partial charge on any atom is 0.339 e. The molecule has 0 spiro atoms. The molecule has 0 aromatic carbocycles. The zero-order valence-corrected chi connectivity index (χ0v) is 10.0. The van der Waals surface area contributed by atoms with E-state index >= 15 is 0 Å². The zero-order chi connectivity index (χ0) is 13.8. The van der Waals surface area contributed by atoms with E-state index in [1.54, 1.807) is 0 Å². The van der Waals surface area contributed by atoms with Crippen molar-refractivity contribution in [2.24, 2.45) is 5.92 Å². The molecule has 8 heteroatoms. The Bertz CT molecular complexity index is 499. The Kier molecular flexibility index (Phi) is 3.91. The average molecular weight is 267 g/mol. The van der Waals surface area contributed by atoms with Crippen LogP contribution >= 0.6 is 0 Å². The van der Waals surface area contributed by atoms with Crippen LogP contribution in [0.3, 0.4) is 0 Å². The number of nitrogens with one attached hydrogen (secondary N) is 1. The second kappa shape index (κ2) is 5.61. The molecule has 102 valence electrons. The third-order valence-corrected chi connectivity index (χ3v) is 2.90. The van der Waals surface area contributed by atoms with E-state index in [0.717, 1.165) is 18.7 Å². The van der Waals surface area contributed by atoms with E-state index in [0.29, 0.717) is 25.7 Å². The second-order valence-electron chi connectivity index (χ2n) is 4.26. The molecule has 2 N–H and O–H groups in total. The molecule has 0 saturated carbocycles. The highest BCUT2D eigenvalue weighted by Gasteiger charge is 2.20. The number of hydrogen-bond donors (Lipinski definition) is 2. The minimum atomic E-state index is -1.25. The Morgan fingerprint density at radius 2 is 2.47 bits per heavy atom. The summed E-state index contributed by atoms with van der Waals surface area (Å²) in [5.74, 6) is -0.801. The van der Waals surface area contributed by atoms with E-state index in [9.17, 15) is 14.9 Å². The van der Waals surface area contributed by atoms with Gasteiger partial charge in [-0.15, -0.1) is 0 Å². The van der Waals surface area contributed by atoms with Gasteiger partial charge in [0.1, 0.15) is 17.6 Å². The van der Waals surface area contributed by atoms with Crippen LogP contribution in [-0.4, -0.2) is 40.7 Å². The highest BCUT2D eigenvalue weighted by Crippen LogP contribution is 2.20. The molecule has 0 amide bonds. The van der Waals surface area contributed by atoms with Crippen LogP contribution in [0, 0.1) is 16.0 Å². The predicted octanol–water partition coefficient (Wildman–Crippen LogP) is 1.14. The molecule has 1 atom stereocenters. The first-order chi connectivity index (χ1) is 9.08. The molecule has 19 heavy (non-hydrogen) atoms. The van der Waals surface area contributed by atoms with Gasteiger partial charge in [-0.1, -0.05) is 0 Å². The van der Waals surface area contributed by atoms with Crippen molar-refractivity contribution in [3.8, 4) is 0 Å². The quantitative estimate of drug-likeness (QED) is 0.607. The van der Waals surface area contributed by atoms with Gasteiger partial charge in [-0.05, 0) is 6.42 Å². The summed E-state index contributed by atoms with van der Waals surface area (Å²) in [5, 5.41) is 22.5. The molecule has 0 radical (unpaired) electrons.